The van der Waals surface area contributed by atoms with Gasteiger partial charge in [-0.25, -0.2) is 13.8 Å². The number of benzene rings is 1. The first kappa shape index (κ1) is 23.5. The van der Waals surface area contributed by atoms with Crippen LogP contribution in [0, 0.1) is 11.6 Å². The standard InChI is InChI=1S/C16H24F2N4O2.HI/c1-4-19-16(21-10-15(23)20-7-8-24-3)22-11(2)12-5-6-13(17)14(18)9-12;/h5-6,9,11H,4,7-8,10H2,1-3H3,(H,20,23)(H2,19,21,22);1H. The Hall–Kier alpha value is -1.49. The number of amides is 1. The van der Waals surface area contributed by atoms with Crippen LogP contribution in [0.2, 0.25) is 0 Å². The van der Waals surface area contributed by atoms with E-state index in [1.54, 1.807) is 14.0 Å². The lowest BCUT2D eigenvalue weighted by molar-refractivity contribution is -0.119. The second-order valence-electron chi connectivity index (χ2n) is 5.08. The second kappa shape index (κ2) is 12.8. The van der Waals surface area contributed by atoms with Gasteiger partial charge in [-0.3, -0.25) is 4.79 Å². The smallest absolute Gasteiger partial charge is 0.241 e. The lowest BCUT2D eigenvalue weighted by atomic mass is 10.1. The van der Waals surface area contributed by atoms with E-state index in [-0.39, 0.29) is 42.5 Å². The van der Waals surface area contributed by atoms with Crippen molar-refractivity contribution >= 4 is 35.8 Å². The number of nitrogens with one attached hydrogen (secondary N) is 3. The van der Waals surface area contributed by atoms with Crippen molar-refractivity contribution in [3.8, 4) is 0 Å². The average Bonchev–Trinajstić information content (AvgIpc) is 2.55. The van der Waals surface area contributed by atoms with Crippen LogP contribution in [0.3, 0.4) is 0 Å². The van der Waals surface area contributed by atoms with Gasteiger partial charge in [-0.15, -0.1) is 24.0 Å². The quantitative estimate of drug-likeness (QED) is 0.235. The Balaban J connectivity index is 0.00000576. The number of guanidine groups is 1. The maximum absolute atomic E-state index is 13.3. The topological polar surface area (TPSA) is 74.8 Å². The van der Waals surface area contributed by atoms with E-state index < -0.39 is 11.6 Å². The fourth-order valence-corrected chi connectivity index (χ4v) is 1.89. The third-order valence-corrected chi connectivity index (χ3v) is 3.15. The van der Waals surface area contributed by atoms with Crippen molar-refractivity contribution in [1.29, 1.82) is 0 Å². The number of nitrogens with zero attached hydrogens (tertiary/aromatic N) is 1. The minimum atomic E-state index is -0.902. The summed E-state index contributed by atoms with van der Waals surface area (Å²) in [6.45, 7) is 5.07. The van der Waals surface area contributed by atoms with E-state index >= 15 is 0 Å². The summed E-state index contributed by atoms with van der Waals surface area (Å²) in [7, 11) is 1.55. The molecule has 6 nitrogen and oxygen atoms in total. The van der Waals surface area contributed by atoms with Gasteiger partial charge in [-0.1, -0.05) is 6.07 Å². The van der Waals surface area contributed by atoms with Crippen LogP contribution >= 0.6 is 24.0 Å². The molecule has 3 N–H and O–H groups in total. The van der Waals surface area contributed by atoms with Crippen LogP contribution < -0.4 is 16.0 Å². The van der Waals surface area contributed by atoms with Gasteiger partial charge in [0.1, 0.15) is 6.54 Å². The van der Waals surface area contributed by atoms with Crippen LogP contribution in [-0.2, 0) is 9.53 Å². The monoisotopic (exact) mass is 470 g/mol. The molecule has 1 rings (SSSR count). The summed E-state index contributed by atoms with van der Waals surface area (Å²) >= 11 is 0. The van der Waals surface area contributed by atoms with Crippen LogP contribution in [-0.4, -0.2) is 45.2 Å². The van der Waals surface area contributed by atoms with Gasteiger partial charge < -0.3 is 20.7 Å². The van der Waals surface area contributed by atoms with Gasteiger partial charge in [0.25, 0.3) is 0 Å². The van der Waals surface area contributed by atoms with Crippen LogP contribution in [0.5, 0.6) is 0 Å². The Morgan fingerprint density at radius 1 is 1.28 bits per heavy atom. The third-order valence-electron chi connectivity index (χ3n) is 3.15. The molecule has 0 saturated heterocycles. The molecule has 1 amide bonds. The summed E-state index contributed by atoms with van der Waals surface area (Å²) in [6, 6.07) is 3.40. The molecular weight excluding hydrogens is 445 g/mol. The Kier molecular flexibility index (Phi) is 12.0. The van der Waals surface area contributed by atoms with E-state index in [0.717, 1.165) is 12.1 Å². The molecular formula is C16H25F2IN4O2. The number of ether oxygens (including phenoxy) is 1. The molecule has 0 radical (unpaired) electrons. The van der Waals surface area contributed by atoms with E-state index in [9.17, 15) is 13.6 Å². The predicted octanol–water partition coefficient (Wildman–Crippen LogP) is 1.96. The number of carbonyl (C=O) groups is 1. The molecule has 0 aromatic heterocycles. The first-order valence-corrected chi connectivity index (χ1v) is 7.73. The highest BCUT2D eigenvalue weighted by Gasteiger charge is 2.11. The summed E-state index contributed by atoms with van der Waals surface area (Å²) in [5.74, 6) is -1.61. The van der Waals surface area contributed by atoms with Crippen LogP contribution in [0.15, 0.2) is 23.2 Å². The van der Waals surface area contributed by atoms with Crippen molar-refractivity contribution in [3.63, 3.8) is 0 Å². The van der Waals surface area contributed by atoms with Crippen LogP contribution in [0.25, 0.3) is 0 Å². The lowest BCUT2D eigenvalue weighted by Crippen LogP contribution is -2.40. The third kappa shape index (κ3) is 8.96. The molecule has 9 heteroatoms. The fourth-order valence-electron chi connectivity index (χ4n) is 1.89. The van der Waals surface area contributed by atoms with Crippen molar-refractivity contribution in [1.82, 2.24) is 16.0 Å². The zero-order chi connectivity index (χ0) is 17.9. The van der Waals surface area contributed by atoms with Gasteiger partial charge in [-0.05, 0) is 31.5 Å². The molecule has 0 spiro atoms. The first-order chi connectivity index (χ1) is 11.5. The maximum atomic E-state index is 13.3. The van der Waals surface area contributed by atoms with Gasteiger partial charge >= 0.3 is 0 Å². The highest BCUT2D eigenvalue weighted by Crippen LogP contribution is 2.15. The Morgan fingerprint density at radius 3 is 2.60 bits per heavy atom. The minimum absolute atomic E-state index is 0. The maximum Gasteiger partial charge on any atom is 0.241 e. The number of aliphatic imine (C=N–C) groups is 1. The van der Waals surface area contributed by atoms with E-state index in [4.69, 9.17) is 4.74 Å². The molecule has 0 aliphatic rings. The van der Waals surface area contributed by atoms with E-state index in [2.05, 4.69) is 20.9 Å². The molecule has 1 atom stereocenters. The molecule has 0 aliphatic heterocycles. The van der Waals surface area contributed by atoms with Gasteiger partial charge in [0.15, 0.2) is 17.6 Å². The largest absolute Gasteiger partial charge is 0.383 e. The highest BCUT2D eigenvalue weighted by molar-refractivity contribution is 14.0. The number of methoxy groups -OCH3 is 1. The Bertz CT molecular complexity index is 573. The zero-order valence-electron chi connectivity index (χ0n) is 14.6. The summed E-state index contributed by atoms with van der Waals surface area (Å²) < 4.78 is 31.2. The lowest BCUT2D eigenvalue weighted by Gasteiger charge is -2.18. The van der Waals surface area contributed by atoms with Gasteiger partial charge in [0.2, 0.25) is 5.91 Å². The number of halogens is 3. The molecule has 25 heavy (non-hydrogen) atoms. The van der Waals surface area contributed by atoms with E-state index in [0.29, 0.717) is 31.2 Å². The molecule has 1 aromatic rings. The molecule has 0 aliphatic carbocycles. The number of hydrogen-bond acceptors (Lipinski definition) is 3. The van der Waals surface area contributed by atoms with E-state index in [1.807, 2.05) is 6.92 Å². The molecule has 1 unspecified atom stereocenters. The Labute approximate surface area is 163 Å². The van der Waals surface area contributed by atoms with Gasteiger partial charge in [0, 0.05) is 20.2 Å². The zero-order valence-corrected chi connectivity index (χ0v) is 16.9. The minimum Gasteiger partial charge on any atom is -0.383 e. The number of rotatable bonds is 8. The average molecular weight is 470 g/mol. The molecule has 0 bridgehead atoms. The van der Waals surface area contributed by atoms with Crippen LogP contribution in [0.4, 0.5) is 8.78 Å². The molecule has 0 saturated carbocycles. The van der Waals surface area contributed by atoms with Crippen molar-refractivity contribution < 1.29 is 18.3 Å². The summed E-state index contributed by atoms with van der Waals surface area (Å²) in [5, 5.41) is 8.71. The summed E-state index contributed by atoms with van der Waals surface area (Å²) in [5.41, 5.74) is 0.573. The van der Waals surface area contributed by atoms with E-state index in [1.165, 1.54) is 6.07 Å². The number of carbonyl (C=O) groups excluding carboxylic acids is 1. The van der Waals surface area contributed by atoms with Crippen molar-refractivity contribution in [2.75, 3.05) is 33.4 Å². The molecule has 0 heterocycles. The van der Waals surface area contributed by atoms with Gasteiger partial charge in [0.05, 0.1) is 12.6 Å². The second-order valence-corrected chi connectivity index (χ2v) is 5.08. The van der Waals surface area contributed by atoms with Gasteiger partial charge in [-0.2, -0.15) is 0 Å². The summed E-state index contributed by atoms with van der Waals surface area (Å²) in [6.07, 6.45) is 0. The van der Waals surface area contributed by atoms with Crippen molar-refractivity contribution in [2.45, 2.75) is 19.9 Å². The molecule has 1 aromatic carbocycles. The van der Waals surface area contributed by atoms with Crippen molar-refractivity contribution in [2.24, 2.45) is 4.99 Å². The Morgan fingerprint density at radius 2 is 2.00 bits per heavy atom. The highest BCUT2D eigenvalue weighted by atomic mass is 127. The number of hydrogen-bond donors (Lipinski definition) is 3. The molecule has 0 fully saturated rings. The molecule has 142 valence electrons. The normalized spacial score (nSPS) is 12.1. The first-order valence-electron chi connectivity index (χ1n) is 7.73. The van der Waals surface area contributed by atoms with Crippen molar-refractivity contribution in [3.05, 3.63) is 35.4 Å². The van der Waals surface area contributed by atoms with Crippen LogP contribution in [0.1, 0.15) is 25.5 Å². The predicted molar refractivity (Wildman–Crippen MR) is 104 cm³/mol. The SMILES string of the molecule is CCNC(=NCC(=O)NCCOC)NC(C)c1ccc(F)c(F)c1.I. The summed E-state index contributed by atoms with van der Waals surface area (Å²) in [4.78, 5) is 15.8. The fraction of sp³-hybridized carbons (Fsp3) is 0.500.